The molecule has 0 amide bonds. The van der Waals surface area contributed by atoms with Gasteiger partial charge in [0.2, 0.25) is 0 Å². The number of non-ortho nitro benzene ring substituents is 2. The van der Waals surface area contributed by atoms with E-state index in [2.05, 4.69) is 0 Å². The molecule has 7 nitrogen and oxygen atoms in total. The van der Waals surface area contributed by atoms with E-state index >= 15 is 0 Å². The summed E-state index contributed by atoms with van der Waals surface area (Å²) in [5, 5.41) is 21.7. The maximum atomic E-state index is 10.9. The van der Waals surface area contributed by atoms with E-state index in [1.807, 2.05) is 43.3 Å². The monoisotopic (exact) mass is 319 g/mol. The van der Waals surface area contributed by atoms with Crippen LogP contribution in [0.4, 0.5) is 17.1 Å². The SMILES string of the molecule is CN(C)c1ccc(Sc2cc([N+](=O)[O-])cc([N+](=O)[O-])c2)cc1. The molecule has 0 spiro atoms. The van der Waals surface area contributed by atoms with E-state index < -0.39 is 9.85 Å². The van der Waals surface area contributed by atoms with Crippen LogP contribution in [0.2, 0.25) is 0 Å². The van der Waals surface area contributed by atoms with Gasteiger partial charge < -0.3 is 4.90 Å². The van der Waals surface area contributed by atoms with Gasteiger partial charge in [0.25, 0.3) is 11.4 Å². The second-order valence-electron chi connectivity index (χ2n) is 4.69. The molecule has 0 heterocycles. The molecule has 0 radical (unpaired) electrons. The molecular formula is C14H13N3O4S. The van der Waals surface area contributed by atoms with E-state index in [0.717, 1.165) is 16.6 Å². The zero-order chi connectivity index (χ0) is 16.3. The van der Waals surface area contributed by atoms with E-state index in [-0.39, 0.29) is 11.4 Å². The van der Waals surface area contributed by atoms with E-state index in [9.17, 15) is 20.2 Å². The fourth-order valence-electron chi connectivity index (χ4n) is 1.79. The number of benzene rings is 2. The number of anilines is 1. The van der Waals surface area contributed by atoms with Crippen LogP contribution >= 0.6 is 11.8 Å². The Morgan fingerprint density at radius 1 is 0.864 bits per heavy atom. The van der Waals surface area contributed by atoms with Crippen molar-refractivity contribution < 1.29 is 9.85 Å². The van der Waals surface area contributed by atoms with Gasteiger partial charge in [-0.3, -0.25) is 20.2 Å². The minimum atomic E-state index is -0.633. The highest BCUT2D eigenvalue weighted by Crippen LogP contribution is 2.34. The normalized spacial score (nSPS) is 10.3. The molecule has 0 aliphatic heterocycles. The average molecular weight is 319 g/mol. The standard InChI is InChI=1S/C14H13N3O4S/c1-15(2)10-3-5-13(6-4-10)22-14-8-11(16(18)19)7-12(9-14)17(20)21/h3-9H,1-2H3. The molecule has 0 aliphatic carbocycles. The average Bonchev–Trinajstić information content (AvgIpc) is 2.47. The number of rotatable bonds is 5. The van der Waals surface area contributed by atoms with E-state index in [1.165, 1.54) is 23.9 Å². The Labute approximate surface area is 130 Å². The Kier molecular flexibility index (Phi) is 4.62. The maximum Gasteiger partial charge on any atom is 0.277 e. The third kappa shape index (κ3) is 3.73. The summed E-state index contributed by atoms with van der Waals surface area (Å²) in [6.45, 7) is 0. The topological polar surface area (TPSA) is 89.5 Å². The largest absolute Gasteiger partial charge is 0.378 e. The Morgan fingerprint density at radius 2 is 1.36 bits per heavy atom. The highest BCUT2D eigenvalue weighted by Gasteiger charge is 2.16. The first-order valence-electron chi connectivity index (χ1n) is 6.26. The van der Waals surface area contributed by atoms with Crippen LogP contribution in [0.5, 0.6) is 0 Å². The quantitative estimate of drug-likeness (QED) is 0.616. The Balaban J connectivity index is 2.32. The third-order valence-corrected chi connectivity index (χ3v) is 3.87. The molecule has 0 saturated heterocycles. The van der Waals surface area contributed by atoms with E-state index in [1.54, 1.807) is 0 Å². The summed E-state index contributed by atoms with van der Waals surface area (Å²) in [4.78, 5) is 23.7. The molecular weight excluding hydrogens is 306 g/mol. The molecule has 22 heavy (non-hydrogen) atoms. The minimum absolute atomic E-state index is 0.290. The van der Waals surface area contributed by atoms with Crippen molar-refractivity contribution in [3.05, 3.63) is 62.7 Å². The summed E-state index contributed by atoms with van der Waals surface area (Å²) < 4.78 is 0. The lowest BCUT2D eigenvalue weighted by Gasteiger charge is -2.12. The summed E-state index contributed by atoms with van der Waals surface area (Å²) >= 11 is 1.24. The van der Waals surface area contributed by atoms with E-state index in [0.29, 0.717) is 4.90 Å². The Morgan fingerprint density at radius 3 is 1.77 bits per heavy atom. The van der Waals surface area contributed by atoms with Crippen molar-refractivity contribution in [2.75, 3.05) is 19.0 Å². The number of nitro benzene ring substituents is 2. The van der Waals surface area contributed by atoms with Gasteiger partial charge in [-0.05, 0) is 24.3 Å². The number of hydrogen-bond donors (Lipinski definition) is 0. The van der Waals surface area contributed by atoms with Crippen molar-refractivity contribution in [2.45, 2.75) is 9.79 Å². The molecule has 2 aromatic rings. The van der Waals surface area contributed by atoms with Crippen molar-refractivity contribution in [1.29, 1.82) is 0 Å². The molecule has 0 aliphatic rings. The van der Waals surface area contributed by atoms with Gasteiger partial charge in [0.05, 0.1) is 15.9 Å². The summed E-state index contributed by atoms with van der Waals surface area (Å²) in [5.74, 6) is 0. The van der Waals surface area contributed by atoms with Crippen molar-refractivity contribution in [3.8, 4) is 0 Å². The Bertz CT molecular complexity index is 684. The number of hydrogen-bond acceptors (Lipinski definition) is 6. The summed E-state index contributed by atoms with van der Waals surface area (Å²) in [5.41, 5.74) is 0.442. The number of nitro groups is 2. The lowest BCUT2D eigenvalue weighted by atomic mass is 10.3. The van der Waals surface area contributed by atoms with Crippen LogP contribution in [-0.2, 0) is 0 Å². The first-order valence-corrected chi connectivity index (χ1v) is 7.07. The lowest BCUT2D eigenvalue weighted by Crippen LogP contribution is -2.07. The highest BCUT2D eigenvalue weighted by molar-refractivity contribution is 7.99. The molecule has 8 heteroatoms. The summed E-state index contributed by atoms with van der Waals surface area (Å²) in [7, 11) is 3.85. The van der Waals surface area contributed by atoms with Gasteiger partial charge >= 0.3 is 0 Å². The second kappa shape index (κ2) is 6.44. The van der Waals surface area contributed by atoms with Crippen LogP contribution in [0.1, 0.15) is 0 Å². The zero-order valence-corrected chi connectivity index (χ0v) is 12.7. The van der Waals surface area contributed by atoms with Crippen molar-refractivity contribution in [1.82, 2.24) is 0 Å². The van der Waals surface area contributed by atoms with Gasteiger partial charge in [-0.25, -0.2) is 0 Å². The molecule has 0 aromatic heterocycles. The van der Waals surface area contributed by atoms with Gasteiger partial charge in [0.15, 0.2) is 0 Å². The van der Waals surface area contributed by atoms with Gasteiger partial charge in [-0.15, -0.1) is 0 Å². The first-order chi connectivity index (χ1) is 10.4. The van der Waals surface area contributed by atoms with Crippen LogP contribution in [0, 0.1) is 20.2 Å². The van der Waals surface area contributed by atoms with Gasteiger partial charge in [0, 0.05) is 41.7 Å². The fourth-order valence-corrected chi connectivity index (χ4v) is 2.69. The van der Waals surface area contributed by atoms with Gasteiger partial charge in [-0.2, -0.15) is 0 Å². The van der Waals surface area contributed by atoms with Crippen molar-refractivity contribution in [3.63, 3.8) is 0 Å². The minimum Gasteiger partial charge on any atom is -0.378 e. The molecule has 2 aromatic carbocycles. The lowest BCUT2D eigenvalue weighted by molar-refractivity contribution is -0.394. The smallest absolute Gasteiger partial charge is 0.277 e. The predicted molar refractivity (Wildman–Crippen MR) is 84.6 cm³/mol. The zero-order valence-electron chi connectivity index (χ0n) is 11.9. The summed E-state index contributed by atoms with van der Waals surface area (Å²) in [6, 6.07) is 11.2. The molecule has 0 atom stereocenters. The van der Waals surface area contributed by atoms with E-state index in [4.69, 9.17) is 0 Å². The van der Waals surface area contributed by atoms with Gasteiger partial charge in [0.1, 0.15) is 0 Å². The third-order valence-electron chi connectivity index (χ3n) is 2.89. The molecule has 2 rings (SSSR count). The summed E-state index contributed by atoms with van der Waals surface area (Å²) in [6.07, 6.45) is 0. The van der Waals surface area contributed by atoms with Crippen LogP contribution in [0.15, 0.2) is 52.3 Å². The molecule has 0 saturated carbocycles. The molecule has 0 unspecified atom stereocenters. The molecule has 0 bridgehead atoms. The van der Waals surface area contributed by atoms with Crippen LogP contribution < -0.4 is 4.90 Å². The second-order valence-corrected chi connectivity index (χ2v) is 5.84. The van der Waals surface area contributed by atoms with Gasteiger partial charge in [-0.1, -0.05) is 11.8 Å². The van der Waals surface area contributed by atoms with Crippen molar-refractivity contribution in [2.24, 2.45) is 0 Å². The van der Waals surface area contributed by atoms with Crippen LogP contribution in [0.25, 0.3) is 0 Å². The molecule has 0 N–H and O–H groups in total. The predicted octanol–water partition coefficient (Wildman–Crippen LogP) is 3.72. The Hall–Kier alpha value is -2.61. The number of nitrogens with zero attached hydrogens (tertiary/aromatic N) is 3. The van der Waals surface area contributed by atoms with Crippen LogP contribution in [-0.4, -0.2) is 23.9 Å². The fraction of sp³-hybridized carbons (Fsp3) is 0.143. The highest BCUT2D eigenvalue weighted by atomic mass is 32.2. The maximum absolute atomic E-state index is 10.9. The van der Waals surface area contributed by atoms with Crippen LogP contribution in [0.3, 0.4) is 0 Å². The molecule has 0 fully saturated rings. The first kappa shape index (κ1) is 15.8. The molecule has 114 valence electrons. The van der Waals surface area contributed by atoms with Crippen molar-refractivity contribution >= 4 is 28.8 Å².